The van der Waals surface area contributed by atoms with E-state index in [2.05, 4.69) is 5.32 Å². The average Bonchev–Trinajstić information content (AvgIpc) is 2.54. The van der Waals surface area contributed by atoms with E-state index in [9.17, 15) is 4.79 Å². The highest BCUT2D eigenvalue weighted by atomic mass is 35.5. The summed E-state index contributed by atoms with van der Waals surface area (Å²) in [6.45, 7) is 0.475. The van der Waals surface area contributed by atoms with Gasteiger partial charge in [0.25, 0.3) is 0 Å². The summed E-state index contributed by atoms with van der Waals surface area (Å²) in [5.41, 5.74) is 1.87. The molecule has 5 heteroatoms. The second-order valence-electron chi connectivity index (χ2n) is 4.77. The lowest BCUT2D eigenvalue weighted by Crippen LogP contribution is -2.24. The van der Waals surface area contributed by atoms with Gasteiger partial charge < -0.3 is 14.8 Å². The van der Waals surface area contributed by atoms with Crippen LogP contribution in [0.5, 0.6) is 11.5 Å². The van der Waals surface area contributed by atoms with Crippen LogP contribution in [0.1, 0.15) is 11.1 Å². The van der Waals surface area contributed by atoms with Gasteiger partial charge in [0.15, 0.2) is 11.5 Å². The maximum atomic E-state index is 12.0. The first kappa shape index (κ1) is 16.2. The van der Waals surface area contributed by atoms with E-state index in [0.29, 0.717) is 23.1 Å². The van der Waals surface area contributed by atoms with Crippen molar-refractivity contribution in [2.45, 2.75) is 13.0 Å². The molecule has 2 aromatic carbocycles. The van der Waals surface area contributed by atoms with Crippen molar-refractivity contribution in [2.24, 2.45) is 0 Å². The molecule has 0 aliphatic carbocycles. The maximum absolute atomic E-state index is 12.0. The molecule has 22 heavy (non-hydrogen) atoms. The predicted molar refractivity (Wildman–Crippen MR) is 86.5 cm³/mol. The van der Waals surface area contributed by atoms with E-state index in [-0.39, 0.29) is 12.3 Å². The number of benzene rings is 2. The van der Waals surface area contributed by atoms with Crippen molar-refractivity contribution in [3.8, 4) is 11.5 Å². The second-order valence-corrected chi connectivity index (χ2v) is 5.21. The van der Waals surface area contributed by atoms with Crippen molar-refractivity contribution in [1.29, 1.82) is 0 Å². The van der Waals surface area contributed by atoms with Gasteiger partial charge in [-0.2, -0.15) is 0 Å². The first-order valence-electron chi connectivity index (χ1n) is 6.84. The molecule has 0 bridgehead atoms. The molecule has 0 unspecified atom stereocenters. The van der Waals surface area contributed by atoms with Crippen LogP contribution in [0, 0.1) is 0 Å². The molecule has 0 spiro atoms. The zero-order chi connectivity index (χ0) is 15.9. The Labute approximate surface area is 135 Å². The van der Waals surface area contributed by atoms with Crippen LogP contribution in [0.4, 0.5) is 0 Å². The van der Waals surface area contributed by atoms with Crippen molar-refractivity contribution >= 4 is 17.5 Å². The quantitative estimate of drug-likeness (QED) is 0.889. The lowest BCUT2D eigenvalue weighted by molar-refractivity contribution is -0.120. The van der Waals surface area contributed by atoms with E-state index >= 15 is 0 Å². The molecule has 2 rings (SSSR count). The minimum Gasteiger partial charge on any atom is -0.493 e. The monoisotopic (exact) mass is 319 g/mol. The molecular formula is C17H18ClNO3. The van der Waals surface area contributed by atoms with E-state index in [4.69, 9.17) is 21.1 Å². The normalized spacial score (nSPS) is 10.1. The van der Waals surface area contributed by atoms with Crippen LogP contribution in [0.2, 0.25) is 5.02 Å². The van der Waals surface area contributed by atoms with E-state index < -0.39 is 0 Å². The Morgan fingerprint density at radius 1 is 1.00 bits per heavy atom. The van der Waals surface area contributed by atoms with Crippen LogP contribution >= 0.6 is 11.6 Å². The largest absolute Gasteiger partial charge is 0.493 e. The third-order valence-electron chi connectivity index (χ3n) is 3.22. The molecule has 0 aromatic heterocycles. The van der Waals surface area contributed by atoms with Crippen LogP contribution in [-0.4, -0.2) is 20.1 Å². The van der Waals surface area contributed by atoms with Gasteiger partial charge in [-0.05, 0) is 35.4 Å². The number of rotatable bonds is 6. The summed E-state index contributed by atoms with van der Waals surface area (Å²) in [4.78, 5) is 12.0. The third kappa shape index (κ3) is 4.40. The van der Waals surface area contributed by atoms with Crippen molar-refractivity contribution in [2.75, 3.05) is 14.2 Å². The van der Waals surface area contributed by atoms with Crippen molar-refractivity contribution < 1.29 is 14.3 Å². The fraction of sp³-hybridized carbons (Fsp3) is 0.235. The minimum atomic E-state index is -0.0535. The Morgan fingerprint density at radius 2 is 1.64 bits per heavy atom. The molecule has 1 N–H and O–H groups in total. The minimum absolute atomic E-state index is 0.0535. The van der Waals surface area contributed by atoms with Crippen LogP contribution in [0.25, 0.3) is 0 Å². The summed E-state index contributed by atoms with van der Waals surface area (Å²) in [7, 11) is 3.15. The highest BCUT2D eigenvalue weighted by molar-refractivity contribution is 6.30. The molecule has 0 saturated carbocycles. The molecule has 0 aliphatic heterocycles. The van der Waals surface area contributed by atoms with Crippen LogP contribution in [0.3, 0.4) is 0 Å². The number of hydrogen-bond acceptors (Lipinski definition) is 3. The SMILES string of the molecule is COc1ccc(CC(=O)NCc2ccc(Cl)cc2)cc1OC. The molecule has 0 saturated heterocycles. The summed E-state index contributed by atoms with van der Waals surface area (Å²) >= 11 is 5.83. The maximum Gasteiger partial charge on any atom is 0.224 e. The molecule has 0 heterocycles. The number of carbonyl (C=O) groups excluding carboxylic acids is 1. The summed E-state index contributed by atoms with van der Waals surface area (Å²) in [5, 5.41) is 3.56. The number of ether oxygens (including phenoxy) is 2. The van der Waals surface area contributed by atoms with Crippen molar-refractivity contribution in [3.05, 3.63) is 58.6 Å². The Bertz CT molecular complexity index is 641. The Balaban J connectivity index is 1.93. The molecule has 0 radical (unpaired) electrons. The van der Waals surface area contributed by atoms with E-state index in [1.807, 2.05) is 18.2 Å². The topological polar surface area (TPSA) is 47.6 Å². The molecule has 0 aliphatic rings. The van der Waals surface area contributed by atoms with Gasteiger partial charge in [0.05, 0.1) is 20.6 Å². The first-order valence-corrected chi connectivity index (χ1v) is 7.22. The van der Waals surface area contributed by atoms with Gasteiger partial charge in [-0.3, -0.25) is 4.79 Å². The van der Waals surface area contributed by atoms with Crippen LogP contribution in [-0.2, 0) is 17.8 Å². The number of hydrogen-bond donors (Lipinski definition) is 1. The zero-order valence-corrected chi connectivity index (χ0v) is 13.3. The standard InChI is InChI=1S/C17H18ClNO3/c1-21-15-8-5-13(9-16(15)22-2)10-17(20)19-11-12-3-6-14(18)7-4-12/h3-9H,10-11H2,1-2H3,(H,19,20). The number of nitrogens with one attached hydrogen (secondary N) is 1. The molecule has 0 fully saturated rings. The summed E-state index contributed by atoms with van der Waals surface area (Å²) < 4.78 is 10.4. The van der Waals surface area contributed by atoms with Crippen molar-refractivity contribution in [3.63, 3.8) is 0 Å². The highest BCUT2D eigenvalue weighted by Gasteiger charge is 2.08. The fourth-order valence-corrected chi connectivity index (χ4v) is 2.17. The Kier molecular flexibility index (Phi) is 5.67. The van der Waals surface area contributed by atoms with E-state index in [0.717, 1.165) is 11.1 Å². The summed E-state index contributed by atoms with van der Waals surface area (Å²) in [5.74, 6) is 1.21. The van der Waals surface area contributed by atoms with Gasteiger partial charge in [-0.25, -0.2) is 0 Å². The third-order valence-corrected chi connectivity index (χ3v) is 3.47. The predicted octanol–water partition coefficient (Wildman–Crippen LogP) is 3.22. The first-order chi connectivity index (χ1) is 10.6. The van der Waals surface area contributed by atoms with Crippen LogP contribution in [0.15, 0.2) is 42.5 Å². The number of methoxy groups -OCH3 is 2. The Hall–Kier alpha value is -2.20. The van der Waals surface area contributed by atoms with Crippen molar-refractivity contribution in [1.82, 2.24) is 5.32 Å². The summed E-state index contributed by atoms with van der Waals surface area (Å²) in [6.07, 6.45) is 0.286. The van der Waals surface area contributed by atoms with E-state index in [1.54, 1.807) is 38.5 Å². The lowest BCUT2D eigenvalue weighted by Gasteiger charge is -2.10. The molecule has 4 nitrogen and oxygen atoms in total. The van der Waals surface area contributed by atoms with Gasteiger partial charge in [0, 0.05) is 11.6 Å². The number of amides is 1. The van der Waals surface area contributed by atoms with Gasteiger partial charge in [0.1, 0.15) is 0 Å². The second kappa shape index (κ2) is 7.71. The summed E-state index contributed by atoms with van der Waals surface area (Å²) in [6, 6.07) is 12.8. The molecule has 2 aromatic rings. The molecule has 1 amide bonds. The zero-order valence-electron chi connectivity index (χ0n) is 12.6. The van der Waals surface area contributed by atoms with Gasteiger partial charge in [-0.1, -0.05) is 29.8 Å². The van der Waals surface area contributed by atoms with E-state index in [1.165, 1.54) is 0 Å². The van der Waals surface area contributed by atoms with Gasteiger partial charge in [-0.15, -0.1) is 0 Å². The fourth-order valence-electron chi connectivity index (χ4n) is 2.04. The van der Waals surface area contributed by atoms with Crippen LogP contribution < -0.4 is 14.8 Å². The highest BCUT2D eigenvalue weighted by Crippen LogP contribution is 2.27. The molecule has 116 valence electrons. The van der Waals surface area contributed by atoms with Gasteiger partial charge >= 0.3 is 0 Å². The van der Waals surface area contributed by atoms with Gasteiger partial charge in [0.2, 0.25) is 5.91 Å². The smallest absolute Gasteiger partial charge is 0.224 e. The number of carbonyl (C=O) groups is 1. The Morgan fingerprint density at radius 3 is 2.27 bits per heavy atom. The molecular weight excluding hydrogens is 302 g/mol. The lowest BCUT2D eigenvalue weighted by atomic mass is 10.1. The molecule has 0 atom stereocenters. The number of halogens is 1. The average molecular weight is 320 g/mol.